The summed E-state index contributed by atoms with van der Waals surface area (Å²) in [6.07, 6.45) is 0. The number of ether oxygens (including phenoxy) is 2. The molecule has 3 heteroatoms. The van der Waals surface area contributed by atoms with Gasteiger partial charge < -0.3 is 14.6 Å². The maximum atomic E-state index is 8.26. The van der Waals surface area contributed by atoms with Crippen molar-refractivity contribution in [3.05, 3.63) is 60.7 Å². The van der Waals surface area contributed by atoms with Gasteiger partial charge in [0.05, 0.1) is 26.4 Å². The molecule has 21 heavy (non-hydrogen) atoms. The molecule has 2 aromatic rings. The molecule has 0 heterocycles. The molecular formula is C18H24O3. The van der Waals surface area contributed by atoms with Crippen LogP contribution < -0.4 is 0 Å². The van der Waals surface area contributed by atoms with E-state index in [4.69, 9.17) is 14.6 Å². The van der Waals surface area contributed by atoms with Crippen molar-refractivity contribution in [1.29, 1.82) is 0 Å². The zero-order valence-corrected chi connectivity index (χ0v) is 12.6. The highest BCUT2D eigenvalue weighted by Gasteiger charge is 1.91. The highest BCUT2D eigenvalue weighted by molar-refractivity contribution is 5.62. The Morgan fingerprint density at radius 2 is 1.19 bits per heavy atom. The van der Waals surface area contributed by atoms with E-state index in [-0.39, 0.29) is 6.61 Å². The van der Waals surface area contributed by atoms with Crippen LogP contribution in [0.3, 0.4) is 0 Å². The largest absolute Gasteiger partial charge is 0.394 e. The van der Waals surface area contributed by atoms with Gasteiger partial charge in [-0.1, -0.05) is 60.7 Å². The minimum absolute atomic E-state index is 0.0894. The van der Waals surface area contributed by atoms with Crippen LogP contribution in [0.25, 0.3) is 11.1 Å². The van der Waals surface area contributed by atoms with Gasteiger partial charge in [-0.3, -0.25) is 0 Å². The SMILES string of the molecule is CCOCCOCCO.c1ccc(-c2ccccc2)cc1. The Morgan fingerprint density at radius 1 is 0.714 bits per heavy atom. The lowest BCUT2D eigenvalue weighted by atomic mass is 10.1. The molecule has 0 fully saturated rings. The summed E-state index contributed by atoms with van der Waals surface area (Å²) < 4.78 is 9.88. The van der Waals surface area contributed by atoms with Crippen molar-refractivity contribution in [3.63, 3.8) is 0 Å². The monoisotopic (exact) mass is 288 g/mol. The predicted octanol–water partition coefficient (Wildman–Crippen LogP) is 3.39. The Kier molecular flexibility index (Phi) is 10.0. The fourth-order valence-electron chi connectivity index (χ4n) is 1.69. The molecule has 3 nitrogen and oxygen atoms in total. The molecular weight excluding hydrogens is 264 g/mol. The first-order valence-corrected chi connectivity index (χ1v) is 7.25. The molecule has 0 atom stereocenters. The molecule has 0 bridgehead atoms. The van der Waals surface area contributed by atoms with Crippen molar-refractivity contribution in [2.24, 2.45) is 0 Å². The third-order valence-corrected chi connectivity index (χ3v) is 2.69. The summed E-state index contributed by atoms with van der Waals surface area (Å²) in [5.41, 5.74) is 2.55. The second-order valence-electron chi connectivity index (χ2n) is 4.26. The van der Waals surface area contributed by atoms with Crippen LogP contribution in [-0.4, -0.2) is 38.1 Å². The maximum Gasteiger partial charge on any atom is 0.0701 e. The summed E-state index contributed by atoms with van der Waals surface area (Å²) in [5, 5.41) is 8.26. The van der Waals surface area contributed by atoms with E-state index in [2.05, 4.69) is 48.5 Å². The standard InChI is InChI=1S/C12H10.C6H14O3/c1-3-7-11(8-4-1)12-9-5-2-6-10-12;1-2-8-5-6-9-4-3-7/h1-10H;7H,2-6H2,1H3. The number of aliphatic hydroxyl groups is 1. The van der Waals surface area contributed by atoms with Crippen LogP contribution in [-0.2, 0) is 9.47 Å². The van der Waals surface area contributed by atoms with E-state index in [1.54, 1.807) is 0 Å². The van der Waals surface area contributed by atoms with Gasteiger partial charge in [-0.25, -0.2) is 0 Å². The van der Waals surface area contributed by atoms with Crippen molar-refractivity contribution in [1.82, 2.24) is 0 Å². The molecule has 0 saturated heterocycles. The van der Waals surface area contributed by atoms with Crippen LogP contribution >= 0.6 is 0 Å². The average molecular weight is 288 g/mol. The van der Waals surface area contributed by atoms with Gasteiger partial charge >= 0.3 is 0 Å². The summed E-state index contributed by atoms with van der Waals surface area (Å²) in [4.78, 5) is 0. The Balaban J connectivity index is 0.000000222. The van der Waals surface area contributed by atoms with Crippen LogP contribution in [0.15, 0.2) is 60.7 Å². The van der Waals surface area contributed by atoms with Gasteiger partial charge in [0.2, 0.25) is 0 Å². The van der Waals surface area contributed by atoms with E-state index >= 15 is 0 Å². The second-order valence-corrected chi connectivity index (χ2v) is 4.26. The quantitative estimate of drug-likeness (QED) is 0.794. The van der Waals surface area contributed by atoms with E-state index < -0.39 is 0 Å². The van der Waals surface area contributed by atoms with Crippen LogP contribution in [0.5, 0.6) is 0 Å². The van der Waals surface area contributed by atoms with Crippen LogP contribution in [0.4, 0.5) is 0 Å². The Labute approximate surface area is 127 Å². The van der Waals surface area contributed by atoms with Crippen molar-refractivity contribution >= 4 is 0 Å². The van der Waals surface area contributed by atoms with E-state index in [1.165, 1.54) is 11.1 Å². The summed E-state index contributed by atoms with van der Waals surface area (Å²) >= 11 is 0. The number of aliphatic hydroxyl groups excluding tert-OH is 1. The molecule has 0 saturated carbocycles. The fraction of sp³-hybridized carbons (Fsp3) is 0.333. The fourth-order valence-corrected chi connectivity index (χ4v) is 1.69. The zero-order chi connectivity index (χ0) is 15.2. The molecule has 0 radical (unpaired) electrons. The van der Waals surface area contributed by atoms with E-state index in [0.717, 1.165) is 6.61 Å². The molecule has 0 aliphatic carbocycles. The Bertz CT molecular complexity index is 399. The first kappa shape index (κ1) is 17.4. The third-order valence-electron chi connectivity index (χ3n) is 2.69. The van der Waals surface area contributed by atoms with Gasteiger partial charge in [0.15, 0.2) is 0 Å². The average Bonchev–Trinajstić information content (AvgIpc) is 2.57. The molecule has 2 aromatic carbocycles. The molecule has 114 valence electrons. The number of hydrogen-bond donors (Lipinski definition) is 1. The van der Waals surface area contributed by atoms with E-state index in [9.17, 15) is 0 Å². The van der Waals surface area contributed by atoms with Crippen molar-refractivity contribution in [2.45, 2.75) is 6.92 Å². The van der Waals surface area contributed by atoms with Gasteiger partial charge in [-0.15, -0.1) is 0 Å². The molecule has 2 rings (SSSR count). The molecule has 0 aromatic heterocycles. The summed E-state index contributed by atoms with van der Waals surface area (Å²) in [6.45, 7) is 4.36. The summed E-state index contributed by atoms with van der Waals surface area (Å²) in [7, 11) is 0. The first-order valence-electron chi connectivity index (χ1n) is 7.25. The minimum atomic E-state index is 0.0894. The molecule has 0 aliphatic heterocycles. The molecule has 0 amide bonds. The minimum Gasteiger partial charge on any atom is -0.394 e. The molecule has 1 N–H and O–H groups in total. The van der Waals surface area contributed by atoms with Crippen LogP contribution in [0, 0.1) is 0 Å². The maximum absolute atomic E-state index is 8.26. The van der Waals surface area contributed by atoms with Crippen molar-refractivity contribution in [3.8, 4) is 11.1 Å². The molecule has 0 spiro atoms. The summed E-state index contributed by atoms with van der Waals surface area (Å²) in [6, 6.07) is 20.8. The van der Waals surface area contributed by atoms with Crippen LogP contribution in [0.1, 0.15) is 6.92 Å². The highest BCUT2D eigenvalue weighted by atomic mass is 16.5. The van der Waals surface area contributed by atoms with Gasteiger partial charge in [0.1, 0.15) is 0 Å². The highest BCUT2D eigenvalue weighted by Crippen LogP contribution is 2.17. The number of benzene rings is 2. The van der Waals surface area contributed by atoms with E-state index in [0.29, 0.717) is 19.8 Å². The third kappa shape index (κ3) is 8.25. The lowest BCUT2D eigenvalue weighted by Crippen LogP contribution is -2.06. The van der Waals surface area contributed by atoms with Gasteiger partial charge in [-0.05, 0) is 18.1 Å². The predicted molar refractivity (Wildman–Crippen MR) is 86.3 cm³/mol. The second kappa shape index (κ2) is 12.1. The molecule has 0 aliphatic rings. The van der Waals surface area contributed by atoms with Crippen molar-refractivity contribution < 1.29 is 14.6 Å². The van der Waals surface area contributed by atoms with Gasteiger partial charge in [0.25, 0.3) is 0 Å². The van der Waals surface area contributed by atoms with Gasteiger partial charge in [0, 0.05) is 6.61 Å². The Hall–Kier alpha value is -1.68. The normalized spacial score (nSPS) is 9.81. The summed E-state index contributed by atoms with van der Waals surface area (Å²) in [5.74, 6) is 0. The van der Waals surface area contributed by atoms with Crippen LogP contribution in [0.2, 0.25) is 0 Å². The Morgan fingerprint density at radius 3 is 1.62 bits per heavy atom. The lowest BCUT2D eigenvalue weighted by molar-refractivity contribution is 0.0370. The zero-order valence-electron chi connectivity index (χ0n) is 12.6. The number of rotatable bonds is 7. The number of hydrogen-bond acceptors (Lipinski definition) is 3. The molecule has 0 unspecified atom stereocenters. The smallest absolute Gasteiger partial charge is 0.0701 e. The van der Waals surface area contributed by atoms with Crippen molar-refractivity contribution in [2.75, 3.05) is 33.0 Å². The van der Waals surface area contributed by atoms with Gasteiger partial charge in [-0.2, -0.15) is 0 Å². The topological polar surface area (TPSA) is 38.7 Å². The lowest BCUT2D eigenvalue weighted by Gasteiger charge is -2.00. The first-order chi connectivity index (χ1) is 10.4. The van der Waals surface area contributed by atoms with E-state index in [1.807, 2.05) is 19.1 Å².